The van der Waals surface area contributed by atoms with Crippen LogP contribution in [0.4, 0.5) is 0 Å². The normalized spacial score (nSPS) is 26.4. The van der Waals surface area contributed by atoms with Gasteiger partial charge >= 0.3 is 0 Å². The van der Waals surface area contributed by atoms with Gasteiger partial charge in [-0.1, -0.05) is 6.42 Å². The fraction of sp³-hybridized carbons (Fsp3) is 0.529. The molecule has 0 aliphatic heterocycles. The molecule has 1 aromatic carbocycles. The minimum atomic E-state index is -0.236. The average Bonchev–Trinajstić information content (AvgIpc) is 3.17. The van der Waals surface area contributed by atoms with Gasteiger partial charge in [0.1, 0.15) is 0 Å². The van der Waals surface area contributed by atoms with Crippen LogP contribution in [0.1, 0.15) is 36.0 Å². The van der Waals surface area contributed by atoms with Crippen molar-refractivity contribution in [2.45, 2.75) is 25.7 Å². The van der Waals surface area contributed by atoms with Crippen LogP contribution in [0, 0.1) is 17.8 Å². The smallest absolute Gasteiger partial charge is 0.271 e. The number of nitrogens with one attached hydrogen (secondary N) is 1. The molecular formula is C17H22N2O3. The third-order valence-electron chi connectivity index (χ3n) is 4.87. The maximum absolute atomic E-state index is 12.1. The summed E-state index contributed by atoms with van der Waals surface area (Å²) in [5, 5.41) is 4.15. The molecule has 0 saturated heterocycles. The molecule has 2 aliphatic carbocycles. The Bertz CT molecular complexity index is 585. The van der Waals surface area contributed by atoms with Gasteiger partial charge in [-0.3, -0.25) is 4.79 Å². The second-order valence-corrected chi connectivity index (χ2v) is 6.13. The van der Waals surface area contributed by atoms with Crippen molar-refractivity contribution in [1.82, 2.24) is 5.43 Å². The summed E-state index contributed by atoms with van der Waals surface area (Å²) in [4.78, 5) is 12.1. The molecule has 0 spiro atoms. The summed E-state index contributed by atoms with van der Waals surface area (Å²) in [6, 6.07) is 5.07. The minimum Gasteiger partial charge on any atom is -0.493 e. The standard InChI is InChI=1S/C17H22N2O3/c1-21-15-6-5-13(9-16(15)22-2)17(20)19-18-10-14-8-11-3-4-12(14)7-11/h5-6,9-12,14H,3-4,7-8H2,1-2H3,(H,19,20)/b18-10-/t11-,12+,14-/m1/s1. The number of methoxy groups -OCH3 is 2. The van der Waals surface area contributed by atoms with E-state index >= 15 is 0 Å². The predicted molar refractivity (Wildman–Crippen MR) is 84.4 cm³/mol. The number of benzene rings is 1. The molecule has 2 saturated carbocycles. The van der Waals surface area contributed by atoms with Gasteiger partial charge in [0.15, 0.2) is 11.5 Å². The zero-order valence-electron chi connectivity index (χ0n) is 13.0. The molecule has 0 unspecified atom stereocenters. The topological polar surface area (TPSA) is 59.9 Å². The second kappa shape index (κ2) is 6.38. The van der Waals surface area contributed by atoms with E-state index in [4.69, 9.17) is 9.47 Å². The van der Waals surface area contributed by atoms with Crippen LogP contribution in [0.3, 0.4) is 0 Å². The molecule has 2 aliphatic rings. The Morgan fingerprint density at radius 2 is 2.05 bits per heavy atom. The Morgan fingerprint density at radius 1 is 1.23 bits per heavy atom. The van der Waals surface area contributed by atoms with Crippen LogP contribution in [0.15, 0.2) is 23.3 Å². The maximum Gasteiger partial charge on any atom is 0.271 e. The molecule has 0 heterocycles. The summed E-state index contributed by atoms with van der Waals surface area (Å²) < 4.78 is 10.4. The fourth-order valence-electron chi connectivity index (χ4n) is 3.71. The maximum atomic E-state index is 12.1. The lowest BCUT2D eigenvalue weighted by molar-refractivity contribution is 0.0954. The number of hydrogen-bond donors (Lipinski definition) is 1. The quantitative estimate of drug-likeness (QED) is 0.672. The van der Waals surface area contributed by atoms with Crippen molar-refractivity contribution in [2.75, 3.05) is 14.2 Å². The van der Waals surface area contributed by atoms with Crippen molar-refractivity contribution in [1.29, 1.82) is 0 Å². The summed E-state index contributed by atoms with van der Waals surface area (Å²) >= 11 is 0. The molecule has 0 aromatic heterocycles. The second-order valence-electron chi connectivity index (χ2n) is 6.13. The predicted octanol–water partition coefficient (Wildman–Crippen LogP) is 2.86. The Balaban J connectivity index is 1.60. The van der Waals surface area contributed by atoms with Crippen molar-refractivity contribution in [2.24, 2.45) is 22.9 Å². The summed E-state index contributed by atoms with van der Waals surface area (Å²) in [7, 11) is 3.12. The van der Waals surface area contributed by atoms with E-state index in [9.17, 15) is 4.79 Å². The molecule has 1 amide bonds. The van der Waals surface area contributed by atoms with Gasteiger partial charge in [-0.05, 0) is 55.2 Å². The van der Waals surface area contributed by atoms with Crippen molar-refractivity contribution in [3.8, 4) is 11.5 Å². The number of carbonyl (C=O) groups excluding carboxylic acids is 1. The fourth-order valence-corrected chi connectivity index (χ4v) is 3.71. The van der Waals surface area contributed by atoms with Crippen LogP contribution in [-0.4, -0.2) is 26.3 Å². The molecular weight excluding hydrogens is 280 g/mol. The SMILES string of the molecule is COc1ccc(C(=O)N/N=C\[C@H]2C[C@@H]3CC[C@H]2C3)cc1OC. The van der Waals surface area contributed by atoms with Gasteiger partial charge in [0.05, 0.1) is 14.2 Å². The van der Waals surface area contributed by atoms with E-state index in [1.165, 1.54) is 25.7 Å². The van der Waals surface area contributed by atoms with E-state index < -0.39 is 0 Å². The lowest BCUT2D eigenvalue weighted by Crippen LogP contribution is -2.20. The molecule has 2 fully saturated rings. The molecule has 1 aromatic rings. The number of hydrazone groups is 1. The van der Waals surface area contributed by atoms with Gasteiger partial charge in [0.2, 0.25) is 0 Å². The molecule has 1 N–H and O–H groups in total. The highest BCUT2D eigenvalue weighted by Crippen LogP contribution is 2.47. The molecule has 2 bridgehead atoms. The zero-order valence-corrected chi connectivity index (χ0v) is 13.0. The van der Waals surface area contributed by atoms with E-state index in [1.54, 1.807) is 32.4 Å². The van der Waals surface area contributed by atoms with E-state index in [0.29, 0.717) is 23.0 Å². The number of rotatable bonds is 5. The van der Waals surface area contributed by atoms with Crippen LogP contribution in [0.25, 0.3) is 0 Å². The first-order chi connectivity index (χ1) is 10.7. The molecule has 5 heteroatoms. The van der Waals surface area contributed by atoms with Gasteiger partial charge in [-0.25, -0.2) is 5.43 Å². The summed E-state index contributed by atoms with van der Waals surface area (Å²) in [5.41, 5.74) is 3.11. The molecule has 3 atom stereocenters. The first kappa shape index (κ1) is 14.9. The molecule has 0 radical (unpaired) electrons. The van der Waals surface area contributed by atoms with E-state index in [2.05, 4.69) is 10.5 Å². The van der Waals surface area contributed by atoms with Crippen molar-refractivity contribution in [3.63, 3.8) is 0 Å². The van der Waals surface area contributed by atoms with Crippen molar-refractivity contribution >= 4 is 12.1 Å². The van der Waals surface area contributed by atoms with Gasteiger partial charge in [0, 0.05) is 11.8 Å². The highest BCUT2D eigenvalue weighted by atomic mass is 16.5. The number of nitrogens with zero attached hydrogens (tertiary/aromatic N) is 1. The molecule has 22 heavy (non-hydrogen) atoms. The monoisotopic (exact) mass is 302 g/mol. The van der Waals surface area contributed by atoms with Crippen LogP contribution < -0.4 is 14.9 Å². The van der Waals surface area contributed by atoms with Gasteiger partial charge < -0.3 is 9.47 Å². The largest absolute Gasteiger partial charge is 0.493 e. The van der Waals surface area contributed by atoms with E-state index in [-0.39, 0.29) is 5.91 Å². The molecule has 3 rings (SSSR count). The number of amides is 1. The van der Waals surface area contributed by atoms with Crippen LogP contribution in [0.5, 0.6) is 11.5 Å². The zero-order chi connectivity index (χ0) is 15.5. The molecule has 118 valence electrons. The van der Waals surface area contributed by atoms with Crippen molar-refractivity contribution < 1.29 is 14.3 Å². The summed E-state index contributed by atoms with van der Waals surface area (Å²) in [5.74, 6) is 3.08. The summed E-state index contributed by atoms with van der Waals surface area (Å²) in [6.45, 7) is 0. The third kappa shape index (κ3) is 2.93. The number of hydrogen-bond acceptors (Lipinski definition) is 4. The lowest BCUT2D eigenvalue weighted by atomic mass is 9.90. The highest BCUT2D eigenvalue weighted by Gasteiger charge is 2.38. The van der Waals surface area contributed by atoms with Gasteiger partial charge in [-0.15, -0.1) is 0 Å². The van der Waals surface area contributed by atoms with Crippen LogP contribution >= 0.6 is 0 Å². The first-order valence-electron chi connectivity index (χ1n) is 7.76. The Morgan fingerprint density at radius 3 is 2.68 bits per heavy atom. The van der Waals surface area contributed by atoms with E-state index in [0.717, 1.165) is 11.8 Å². The minimum absolute atomic E-state index is 0.236. The number of ether oxygens (including phenoxy) is 2. The lowest BCUT2D eigenvalue weighted by Gasteiger charge is -2.16. The van der Waals surface area contributed by atoms with Gasteiger partial charge in [-0.2, -0.15) is 5.10 Å². The number of fused-ring (bicyclic) bond motifs is 2. The highest BCUT2D eigenvalue weighted by molar-refractivity contribution is 5.95. The Labute approximate surface area is 130 Å². The van der Waals surface area contributed by atoms with E-state index in [1.807, 2.05) is 6.21 Å². The number of carbonyl (C=O) groups is 1. The third-order valence-corrected chi connectivity index (χ3v) is 4.87. The summed E-state index contributed by atoms with van der Waals surface area (Å²) in [6.07, 6.45) is 7.15. The van der Waals surface area contributed by atoms with Crippen LogP contribution in [-0.2, 0) is 0 Å². The Kier molecular flexibility index (Phi) is 4.32. The van der Waals surface area contributed by atoms with Gasteiger partial charge in [0.25, 0.3) is 5.91 Å². The average molecular weight is 302 g/mol. The Hall–Kier alpha value is -2.04. The molecule has 5 nitrogen and oxygen atoms in total. The van der Waals surface area contributed by atoms with Crippen LogP contribution in [0.2, 0.25) is 0 Å². The van der Waals surface area contributed by atoms with Crippen molar-refractivity contribution in [3.05, 3.63) is 23.8 Å². The first-order valence-corrected chi connectivity index (χ1v) is 7.76.